The van der Waals surface area contributed by atoms with E-state index in [9.17, 15) is 5.21 Å². The van der Waals surface area contributed by atoms with Crippen molar-refractivity contribution in [3.05, 3.63) is 80.5 Å². The molecule has 0 radical (unpaired) electrons. The van der Waals surface area contributed by atoms with E-state index in [4.69, 9.17) is 11.6 Å². The summed E-state index contributed by atoms with van der Waals surface area (Å²) < 4.78 is 0. The molecule has 1 aromatic heterocycles. The van der Waals surface area contributed by atoms with Crippen molar-refractivity contribution in [2.24, 2.45) is 5.16 Å². The molecule has 0 aliphatic rings. The Morgan fingerprint density at radius 1 is 1.08 bits per heavy atom. The topological polar surface area (TPSA) is 44.6 Å². The number of oxime groups is 1. The number of thiophene rings is 1. The maximum Gasteiger partial charge on any atom is 0.128 e. The van der Waals surface area contributed by atoms with Crippen LogP contribution in [0.4, 0.5) is 11.4 Å². The Labute approximate surface area is 150 Å². The molecular weight excluding hydrogens is 340 g/mol. The lowest BCUT2D eigenvalue weighted by molar-refractivity contribution is 0.320. The van der Waals surface area contributed by atoms with Gasteiger partial charge in [-0.15, -0.1) is 11.3 Å². The van der Waals surface area contributed by atoms with Crippen molar-refractivity contribution in [1.82, 2.24) is 0 Å². The van der Waals surface area contributed by atoms with Crippen LogP contribution in [0.3, 0.4) is 0 Å². The predicted octanol–water partition coefficient (Wildman–Crippen LogP) is 5.99. The maximum atomic E-state index is 9.43. The summed E-state index contributed by atoms with van der Waals surface area (Å²) in [5.74, 6) is 0. The molecule has 1 heterocycles. The molecule has 0 aliphatic heterocycles. The van der Waals surface area contributed by atoms with Gasteiger partial charge in [-0.1, -0.05) is 35.0 Å². The molecule has 3 aromatic rings. The summed E-state index contributed by atoms with van der Waals surface area (Å²) in [6, 6.07) is 17.6. The van der Waals surface area contributed by atoms with Crippen LogP contribution < -0.4 is 5.32 Å². The van der Waals surface area contributed by atoms with Crippen molar-refractivity contribution in [3.8, 4) is 0 Å². The van der Waals surface area contributed by atoms with E-state index in [-0.39, 0.29) is 0 Å². The number of nitrogens with one attached hydrogen (secondary N) is 1. The average Bonchev–Trinajstić information content (AvgIpc) is 2.98. The SMILES string of the molecule is Cc1ccc(/C(=N\O)c2ccc(Nc3ccccc3C)cc2Cl)s1. The molecular formula is C19H17ClN2OS. The van der Waals surface area contributed by atoms with Crippen LogP contribution in [0, 0.1) is 13.8 Å². The monoisotopic (exact) mass is 356 g/mol. The third-order valence-corrected chi connectivity index (χ3v) is 5.04. The minimum absolute atomic E-state index is 0.487. The first-order valence-electron chi connectivity index (χ1n) is 7.50. The molecule has 0 spiro atoms. The van der Waals surface area contributed by atoms with Crippen LogP contribution in [0.2, 0.25) is 5.02 Å². The number of hydrogen-bond donors (Lipinski definition) is 2. The second-order valence-electron chi connectivity index (χ2n) is 5.49. The van der Waals surface area contributed by atoms with Gasteiger partial charge in [0.15, 0.2) is 0 Å². The number of nitrogens with zero attached hydrogens (tertiary/aromatic N) is 1. The highest BCUT2D eigenvalue weighted by molar-refractivity contribution is 7.14. The van der Waals surface area contributed by atoms with Crippen molar-refractivity contribution in [2.75, 3.05) is 5.32 Å². The standard InChI is InChI=1S/C19H17ClN2OS/c1-12-5-3-4-6-17(12)21-14-8-9-15(16(20)11-14)19(22-23)18-10-7-13(2)24-18/h3-11,21,23H,1-2H3/b22-19-. The van der Waals surface area contributed by atoms with Gasteiger partial charge in [0.2, 0.25) is 0 Å². The first-order chi connectivity index (χ1) is 11.6. The molecule has 0 bridgehead atoms. The van der Waals surface area contributed by atoms with Crippen molar-refractivity contribution in [2.45, 2.75) is 13.8 Å². The van der Waals surface area contributed by atoms with Gasteiger partial charge in [-0.2, -0.15) is 0 Å². The molecule has 122 valence electrons. The number of hydrogen-bond acceptors (Lipinski definition) is 4. The van der Waals surface area contributed by atoms with E-state index in [1.807, 2.05) is 68.4 Å². The van der Waals surface area contributed by atoms with E-state index in [1.54, 1.807) is 11.3 Å². The third-order valence-electron chi connectivity index (χ3n) is 3.72. The highest BCUT2D eigenvalue weighted by atomic mass is 35.5. The van der Waals surface area contributed by atoms with E-state index >= 15 is 0 Å². The summed E-state index contributed by atoms with van der Waals surface area (Å²) in [5, 5.41) is 16.8. The van der Waals surface area contributed by atoms with Crippen molar-refractivity contribution in [1.29, 1.82) is 0 Å². The maximum absolute atomic E-state index is 9.43. The Bertz CT molecular complexity index is 902. The van der Waals surface area contributed by atoms with Gasteiger partial charge in [-0.25, -0.2) is 0 Å². The lowest BCUT2D eigenvalue weighted by Gasteiger charge is -2.12. The third kappa shape index (κ3) is 3.45. The average molecular weight is 357 g/mol. The van der Waals surface area contributed by atoms with Crippen molar-refractivity contribution in [3.63, 3.8) is 0 Å². The zero-order valence-corrected chi connectivity index (χ0v) is 14.9. The first kappa shape index (κ1) is 16.6. The fourth-order valence-electron chi connectivity index (χ4n) is 2.45. The fraction of sp³-hybridized carbons (Fsp3) is 0.105. The zero-order valence-electron chi connectivity index (χ0n) is 13.4. The van der Waals surface area contributed by atoms with Gasteiger partial charge in [0.1, 0.15) is 5.71 Å². The Balaban J connectivity index is 1.91. The van der Waals surface area contributed by atoms with Gasteiger partial charge in [0.05, 0.1) is 9.90 Å². The number of rotatable bonds is 4. The van der Waals surface area contributed by atoms with Crippen LogP contribution in [-0.2, 0) is 0 Å². The number of benzene rings is 2. The van der Waals surface area contributed by atoms with Crippen LogP contribution in [-0.4, -0.2) is 10.9 Å². The molecule has 5 heteroatoms. The smallest absolute Gasteiger partial charge is 0.128 e. The van der Waals surface area contributed by atoms with Crippen LogP contribution in [0.15, 0.2) is 59.8 Å². The summed E-state index contributed by atoms with van der Waals surface area (Å²) in [7, 11) is 0. The fourth-order valence-corrected chi connectivity index (χ4v) is 3.59. The Hall–Kier alpha value is -2.30. The molecule has 2 aromatic carbocycles. The molecule has 3 rings (SSSR count). The number of aryl methyl sites for hydroxylation is 2. The molecule has 2 N–H and O–H groups in total. The minimum Gasteiger partial charge on any atom is -0.410 e. The van der Waals surface area contributed by atoms with E-state index < -0.39 is 0 Å². The number of anilines is 2. The Morgan fingerprint density at radius 2 is 1.88 bits per heavy atom. The van der Waals surface area contributed by atoms with Crippen LogP contribution in [0.1, 0.15) is 20.9 Å². The van der Waals surface area contributed by atoms with Gasteiger partial charge in [-0.3, -0.25) is 0 Å². The predicted molar refractivity (Wildman–Crippen MR) is 102 cm³/mol. The number of para-hydroxylation sites is 1. The molecule has 0 amide bonds. The summed E-state index contributed by atoms with van der Waals surface area (Å²) in [5.41, 5.74) is 4.27. The van der Waals surface area contributed by atoms with Crippen LogP contribution in [0.25, 0.3) is 0 Å². The summed E-state index contributed by atoms with van der Waals surface area (Å²) >= 11 is 8.01. The first-order valence-corrected chi connectivity index (χ1v) is 8.69. The van der Waals surface area contributed by atoms with E-state index in [2.05, 4.69) is 10.5 Å². The quantitative estimate of drug-likeness (QED) is 0.342. The highest BCUT2D eigenvalue weighted by Gasteiger charge is 2.14. The molecule has 0 saturated heterocycles. The lowest BCUT2D eigenvalue weighted by Crippen LogP contribution is -2.03. The molecule has 0 saturated carbocycles. The van der Waals surface area contributed by atoms with Gasteiger partial charge in [0.25, 0.3) is 0 Å². The van der Waals surface area contributed by atoms with Crippen LogP contribution in [0.5, 0.6) is 0 Å². The lowest BCUT2D eigenvalue weighted by atomic mass is 10.1. The van der Waals surface area contributed by atoms with Crippen molar-refractivity contribution >= 4 is 40.0 Å². The second kappa shape index (κ2) is 7.07. The van der Waals surface area contributed by atoms with E-state index in [0.717, 1.165) is 26.7 Å². The molecule has 0 unspecified atom stereocenters. The largest absolute Gasteiger partial charge is 0.410 e. The van der Waals surface area contributed by atoms with E-state index in [0.29, 0.717) is 16.3 Å². The zero-order chi connectivity index (χ0) is 17.1. The summed E-state index contributed by atoms with van der Waals surface area (Å²) in [6.07, 6.45) is 0. The second-order valence-corrected chi connectivity index (χ2v) is 7.19. The highest BCUT2D eigenvalue weighted by Crippen LogP contribution is 2.28. The number of halogens is 1. The molecule has 0 aliphatic carbocycles. The van der Waals surface area contributed by atoms with Gasteiger partial charge >= 0.3 is 0 Å². The molecule has 3 nitrogen and oxygen atoms in total. The van der Waals surface area contributed by atoms with Gasteiger partial charge in [0, 0.05) is 21.8 Å². The van der Waals surface area contributed by atoms with Crippen LogP contribution >= 0.6 is 22.9 Å². The molecule has 0 atom stereocenters. The molecule has 24 heavy (non-hydrogen) atoms. The molecule has 0 fully saturated rings. The minimum atomic E-state index is 0.487. The van der Waals surface area contributed by atoms with Gasteiger partial charge in [-0.05, 0) is 55.8 Å². The van der Waals surface area contributed by atoms with E-state index in [1.165, 1.54) is 0 Å². The van der Waals surface area contributed by atoms with Gasteiger partial charge < -0.3 is 10.5 Å². The Morgan fingerprint density at radius 3 is 2.50 bits per heavy atom. The summed E-state index contributed by atoms with van der Waals surface area (Å²) in [4.78, 5) is 2.04. The normalized spacial score (nSPS) is 11.5. The Kier molecular flexibility index (Phi) is 4.88. The summed E-state index contributed by atoms with van der Waals surface area (Å²) in [6.45, 7) is 4.06. The van der Waals surface area contributed by atoms with Crippen molar-refractivity contribution < 1.29 is 5.21 Å².